The summed E-state index contributed by atoms with van der Waals surface area (Å²) in [6.45, 7) is 1.75. The number of hydrogen-bond donors (Lipinski definition) is 2. The van der Waals surface area contributed by atoms with E-state index in [1.807, 2.05) is 6.07 Å². The Morgan fingerprint density at radius 3 is 2.70 bits per heavy atom. The van der Waals surface area contributed by atoms with E-state index in [0.717, 1.165) is 18.4 Å². The van der Waals surface area contributed by atoms with Crippen LogP contribution < -0.4 is 5.32 Å². The third kappa shape index (κ3) is 3.97. The Kier molecular flexibility index (Phi) is 4.65. The van der Waals surface area contributed by atoms with Gasteiger partial charge in [-0.25, -0.2) is 4.79 Å². The number of hydrogen-bond acceptors (Lipinski definition) is 2. The van der Waals surface area contributed by atoms with E-state index >= 15 is 0 Å². The van der Waals surface area contributed by atoms with Gasteiger partial charge in [-0.15, -0.1) is 0 Å². The Morgan fingerprint density at radius 1 is 1.45 bits per heavy atom. The van der Waals surface area contributed by atoms with Crippen molar-refractivity contribution in [3.8, 4) is 0 Å². The minimum atomic E-state index is -0.969. The van der Waals surface area contributed by atoms with Crippen molar-refractivity contribution >= 4 is 23.5 Å². The summed E-state index contributed by atoms with van der Waals surface area (Å²) in [5, 5.41) is 12.3. The Morgan fingerprint density at radius 2 is 2.15 bits per heavy atom. The van der Waals surface area contributed by atoms with E-state index in [1.165, 1.54) is 0 Å². The second kappa shape index (κ2) is 6.27. The van der Waals surface area contributed by atoms with Crippen molar-refractivity contribution in [3.05, 3.63) is 34.9 Å². The van der Waals surface area contributed by atoms with Gasteiger partial charge in [0.15, 0.2) is 0 Å². The molecule has 0 saturated heterocycles. The summed E-state index contributed by atoms with van der Waals surface area (Å²) in [7, 11) is 0. The summed E-state index contributed by atoms with van der Waals surface area (Å²) in [5.74, 6) is -1.23. The fourth-order valence-corrected chi connectivity index (χ4v) is 2.33. The van der Waals surface area contributed by atoms with Gasteiger partial charge in [0.25, 0.3) is 0 Å². The number of carbonyl (C=O) groups excluding carboxylic acids is 1. The van der Waals surface area contributed by atoms with Gasteiger partial charge in [-0.05, 0) is 37.0 Å². The molecule has 2 rings (SSSR count). The van der Waals surface area contributed by atoms with E-state index in [9.17, 15) is 9.59 Å². The lowest BCUT2D eigenvalue weighted by molar-refractivity contribution is -0.142. The van der Waals surface area contributed by atoms with Crippen molar-refractivity contribution in [2.75, 3.05) is 0 Å². The monoisotopic (exact) mass is 295 g/mol. The molecule has 0 radical (unpaired) electrons. The lowest BCUT2D eigenvalue weighted by Gasteiger charge is -2.18. The molecule has 2 unspecified atom stereocenters. The number of amides is 1. The number of carbonyl (C=O) groups is 2. The largest absolute Gasteiger partial charge is 0.480 e. The van der Waals surface area contributed by atoms with Crippen LogP contribution in [0.5, 0.6) is 0 Å². The van der Waals surface area contributed by atoms with E-state index in [1.54, 1.807) is 25.1 Å². The first-order valence-corrected chi connectivity index (χ1v) is 7.14. The number of aliphatic carboxylic acids is 1. The number of rotatable bonds is 6. The Labute approximate surface area is 123 Å². The quantitative estimate of drug-likeness (QED) is 0.848. The van der Waals surface area contributed by atoms with Crippen LogP contribution in [0.15, 0.2) is 24.3 Å². The van der Waals surface area contributed by atoms with Crippen LogP contribution in [0.3, 0.4) is 0 Å². The number of carboxylic acids is 1. The standard InChI is InChI=1S/C15H18ClNO3/c1-9(11-3-2-4-12(16)8-11)14(18)17-13(15(19)20)7-10-5-6-10/h2-4,8-10,13H,5-7H2,1H3,(H,17,18)(H,19,20). The topological polar surface area (TPSA) is 66.4 Å². The summed E-state index contributed by atoms with van der Waals surface area (Å²) in [4.78, 5) is 23.3. The summed E-state index contributed by atoms with van der Waals surface area (Å²) in [6, 6.07) is 6.26. The van der Waals surface area contributed by atoms with Gasteiger partial charge in [-0.1, -0.05) is 36.6 Å². The molecule has 20 heavy (non-hydrogen) atoms. The Hall–Kier alpha value is -1.55. The molecule has 0 aliphatic heterocycles. The highest BCUT2D eigenvalue weighted by atomic mass is 35.5. The van der Waals surface area contributed by atoms with Crippen molar-refractivity contribution in [2.45, 2.75) is 38.1 Å². The third-order valence-corrected chi connectivity index (χ3v) is 3.86. The molecule has 1 aromatic rings. The van der Waals surface area contributed by atoms with Gasteiger partial charge in [0.2, 0.25) is 5.91 Å². The molecule has 1 saturated carbocycles. The first kappa shape index (κ1) is 14.9. The molecule has 0 aromatic heterocycles. The highest BCUT2D eigenvalue weighted by Gasteiger charge is 2.31. The van der Waals surface area contributed by atoms with Crippen LogP contribution in [0.2, 0.25) is 5.02 Å². The first-order valence-electron chi connectivity index (χ1n) is 6.76. The van der Waals surface area contributed by atoms with Crippen LogP contribution in [0.1, 0.15) is 37.7 Å². The molecule has 0 heterocycles. The van der Waals surface area contributed by atoms with Gasteiger partial charge in [0.05, 0.1) is 5.92 Å². The zero-order valence-electron chi connectivity index (χ0n) is 11.3. The molecule has 0 bridgehead atoms. The molecule has 1 aliphatic carbocycles. The Bertz CT molecular complexity index is 514. The van der Waals surface area contributed by atoms with Gasteiger partial charge in [-0.2, -0.15) is 0 Å². The molecule has 0 spiro atoms. The van der Waals surface area contributed by atoms with Crippen molar-refractivity contribution in [1.29, 1.82) is 0 Å². The third-order valence-electron chi connectivity index (χ3n) is 3.62. The molecule has 2 N–H and O–H groups in total. The fraction of sp³-hybridized carbons (Fsp3) is 0.467. The molecule has 1 aromatic carbocycles. The molecule has 1 fully saturated rings. The van der Waals surface area contributed by atoms with Crippen LogP contribution in [-0.4, -0.2) is 23.0 Å². The van der Waals surface area contributed by atoms with E-state index in [0.29, 0.717) is 17.4 Å². The van der Waals surface area contributed by atoms with Gasteiger partial charge in [0.1, 0.15) is 6.04 Å². The number of halogens is 1. The SMILES string of the molecule is CC(C(=O)NC(CC1CC1)C(=O)O)c1cccc(Cl)c1. The maximum atomic E-state index is 12.2. The first-order chi connectivity index (χ1) is 9.47. The van der Waals surface area contributed by atoms with Crippen LogP contribution in [0.4, 0.5) is 0 Å². The second-order valence-electron chi connectivity index (χ2n) is 5.36. The Balaban J connectivity index is 2.00. The highest BCUT2D eigenvalue weighted by Crippen LogP contribution is 2.33. The van der Waals surface area contributed by atoms with Crippen molar-refractivity contribution in [3.63, 3.8) is 0 Å². The van der Waals surface area contributed by atoms with Crippen molar-refractivity contribution in [1.82, 2.24) is 5.32 Å². The average molecular weight is 296 g/mol. The molecule has 2 atom stereocenters. The second-order valence-corrected chi connectivity index (χ2v) is 5.79. The average Bonchev–Trinajstić information content (AvgIpc) is 3.20. The maximum absolute atomic E-state index is 12.2. The van der Waals surface area contributed by atoms with Gasteiger partial charge < -0.3 is 10.4 Å². The van der Waals surface area contributed by atoms with E-state index in [-0.39, 0.29) is 5.91 Å². The minimum Gasteiger partial charge on any atom is -0.480 e. The zero-order chi connectivity index (χ0) is 14.7. The summed E-state index contributed by atoms with van der Waals surface area (Å²) in [6.07, 6.45) is 2.64. The van der Waals surface area contributed by atoms with Crippen LogP contribution in [0.25, 0.3) is 0 Å². The lowest BCUT2D eigenvalue weighted by Crippen LogP contribution is -2.42. The highest BCUT2D eigenvalue weighted by molar-refractivity contribution is 6.30. The summed E-state index contributed by atoms with van der Waals surface area (Å²) in [5.41, 5.74) is 0.783. The van der Waals surface area contributed by atoms with E-state index < -0.39 is 17.9 Å². The normalized spacial score (nSPS) is 17.3. The minimum absolute atomic E-state index is 0.277. The van der Waals surface area contributed by atoms with Gasteiger partial charge >= 0.3 is 5.97 Å². The van der Waals surface area contributed by atoms with Crippen molar-refractivity contribution in [2.24, 2.45) is 5.92 Å². The van der Waals surface area contributed by atoms with E-state index in [2.05, 4.69) is 5.32 Å². The zero-order valence-corrected chi connectivity index (χ0v) is 12.1. The summed E-state index contributed by atoms with van der Waals surface area (Å²) < 4.78 is 0. The van der Waals surface area contributed by atoms with Crippen LogP contribution in [-0.2, 0) is 9.59 Å². The van der Waals surface area contributed by atoms with Crippen LogP contribution >= 0.6 is 11.6 Å². The molecular weight excluding hydrogens is 278 g/mol. The summed E-state index contributed by atoms with van der Waals surface area (Å²) >= 11 is 5.90. The van der Waals surface area contributed by atoms with Crippen molar-refractivity contribution < 1.29 is 14.7 Å². The molecule has 1 aliphatic rings. The van der Waals surface area contributed by atoms with E-state index in [4.69, 9.17) is 16.7 Å². The van der Waals surface area contributed by atoms with Crippen LogP contribution in [0, 0.1) is 5.92 Å². The molecule has 1 amide bonds. The number of carboxylic acid groups (broad SMARTS) is 1. The molecule has 4 nitrogen and oxygen atoms in total. The number of nitrogens with one attached hydrogen (secondary N) is 1. The molecular formula is C15H18ClNO3. The van der Waals surface area contributed by atoms with Gasteiger partial charge in [-0.3, -0.25) is 4.79 Å². The van der Waals surface area contributed by atoms with Gasteiger partial charge in [0, 0.05) is 5.02 Å². The molecule has 108 valence electrons. The smallest absolute Gasteiger partial charge is 0.326 e. The lowest BCUT2D eigenvalue weighted by atomic mass is 9.99. The fourth-order valence-electron chi connectivity index (χ4n) is 2.13. The predicted molar refractivity (Wildman–Crippen MR) is 76.8 cm³/mol. The number of benzene rings is 1. The maximum Gasteiger partial charge on any atom is 0.326 e. The molecule has 5 heteroatoms. The predicted octanol–water partition coefficient (Wildman–Crippen LogP) is 2.81.